The number of thiazole rings is 1. The number of amides is 1. The molecular weight excluding hydrogens is 342 g/mol. The molecule has 6 nitrogen and oxygen atoms in total. The van der Waals surface area contributed by atoms with Gasteiger partial charge in [0.15, 0.2) is 5.65 Å². The Morgan fingerprint density at radius 2 is 2.12 bits per heavy atom. The third kappa shape index (κ3) is 2.93. The Balaban J connectivity index is 1.38. The Morgan fingerprint density at radius 3 is 3.00 bits per heavy atom. The number of carbonyl (C=O) groups excluding carboxylic acids is 1. The van der Waals surface area contributed by atoms with E-state index in [0.717, 1.165) is 21.4 Å². The summed E-state index contributed by atoms with van der Waals surface area (Å²) in [5.74, 6) is 0.659. The second-order valence-corrected chi connectivity index (χ2v) is 6.87. The number of fused-ring (bicyclic) bond motifs is 1. The fraction of sp³-hybridized carbons (Fsp3) is 0.125. The maximum Gasteiger partial charge on any atom is 0.270 e. The average Bonchev–Trinajstić information content (AvgIpc) is 3.35. The number of pyridine rings is 1. The highest BCUT2D eigenvalue weighted by Crippen LogP contribution is 2.27. The molecule has 0 aliphatic carbocycles. The number of nitrogens with zero attached hydrogens (tertiary/aromatic N) is 4. The lowest BCUT2D eigenvalue weighted by atomic mass is 10.3. The van der Waals surface area contributed by atoms with Crippen LogP contribution in [-0.4, -0.2) is 32.0 Å². The van der Waals surface area contributed by atoms with E-state index in [-0.39, 0.29) is 5.91 Å². The predicted molar refractivity (Wildman–Crippen MR) is 94.5 cm³/mol. The van der Waals surface area contributed by atoms with Crippen molar-refractivity contribution in [2.24, 2.45) is 0 Å². The number of rotatable bonds is 5. The van der Waals surface area contributed by atoms with Gasteiger partial charge in [0.2, 0.25) is 0 Å². The van der Waals surface area contributed by atoms with Crippen LogP contribution in [0.4, 0.5) is 0 Å². The van der Waals surface area contributed by atoms with Crippen LogP contribution in [0.1, 0.15) is 16.3 Å². The molecule has 0 atom stereocenters. The first-order valence-electron chi connectivity index (χ1n) is 7.37. The van der Waals surface area contributed by atoms with Crippen LogP contribution < -0.4 is 5.32 Å². The molecule has 120 valence electrons. The Labute approximate surface area is 145 Å². The van der Waals surface area contributed by atoms with Crippen molar-refractivity contribution in [2.75, 3.05) is 6.54 Å². The third-order valence-electron chi connectivity index (χ3n) is 3.49. The minimum atomic E-state index is -0.164. The minimum Gasteiger partial charge on any atom is -0.350 e. The van der Waals surface area contributed by atoms with Crippen molar-refractivity contribution in [3.05, 3.63) is 58.8 Å². The lowest BCUT2D eigenvalue weighted by Gasteiger charge is -2.02. The molecule has 0 fully saturated rings. The molecule has 4 aromatic rings. The number of aromatic nitrogens is 4. The number of hydrogen-bond donors (Lipinski definition) is 1. The fourth-order valence-corrected chi connectivity index (χ4v) is 3.95. The molecule has 0 aromatic carbocycles. The van der Waals surface area contributed by atoms with Crippen molar-refractivity contribution < 1.29 is 4.79 Å². The van der Waals surface area contributed by atoms with Gasteiger partial charge in [-0.1, -0.05) is 12.1 Å². The van der Waals surface area contributed by atoms with E-state index in [4.69, 9.17) is 0 Å². The molecular formula is C16H13N5OS2. The molecule has 4 aromatic heterocycles. The summed E-state index contributed by atoms with van der Waals surface area (Å²) in [4.78, 5) is 17.7. The zero-order valence-corrected chi connectivity index (χ0v) is 14.2. The van der Waals surface area contributed by atoms with Gasteiger partial charge in [0.05, 0.1) is 4.88 Å². The SMILES string of the molecule is O=C(NCCc1nnc2ccccn12)c1csc(-c2cccs2)n1. The van der Waals surface area contributed by atoms with Gasteiger partial charge in [-0.05, 0) is 23.6 Å². The largest absolute Gasteiger partial charge is 0.350 e. The molecule has 1 amide bonds. The lowest BCUT2D eigenvalue weighted by Crippen LogP contribution is -2.26. The molecule has 0 saturated heterocycles. The monoisotopic (exact) mass is 355 g/mol. The van der Waals surface area contributed by atoms with Crippen molar-refractivity contribution >= 4 is 34.2 Å². The van der Waals surface area contributed by atoms with Crippen LogP contribution in [0.5, 0.6) is 0 Å². The van der Waals surface area contributed by atoms with Crippen LogP contribution in [0.3, 0.4) is 0 Å². The van der Waals surface area contributed by atoms with E-state index in [0.29, 0.717) is 18.7 Å². The molecule has 0 aliphatic rings. The number of hydrogen-bond acceptors (Lipinski definition) is 6. The molecule has 4 heterocycles. The Bertz CT molecular complexity index is 973. The van der Waals surface area contributed by atoms with Gasteiger partial charge in [0.25, 0.3) is 5.91 Å². The average molecular weight is 355 g/mol. The van der Waals surface area contributed by atoms with E-state index in [1.54, 1.807) is 16.7 Å². The molecule has 0 spiro atoms. The van der Waals surface area contributed by atoms with Crippen LogP contribution in [-0.2, 0) is 6.42 Å². The minimum absolute atomic E-state index is 0.164. The van der Waals surface area contributed by atoms with E-state index in [9.17, 15) is 4.79 Å². The van der Waals surface area contributed by atoms with Gasteiger partial charge < -0.3 is 5.32 Å². The number of thiophene rings is 1. The van der Waals surface area contributed by atoms with E-state index in [1.807, 2.05) is 46.3 Å². The quantitative estimate of drug-likeness (QED) is 0.597. The molecule has 0 saturated carbocycles. The van der Waals surface area contributed by atoms with Crippen LogP contribution in [0, 0.1) is 0 Å². The molecule has 0 unspecified atom stereocenters. The molecule has 1 N–H and O–H groups in total. The first-order valence-corrected chi connectivity index (χ1v) is 9.13. The van der Waals surface area contributed by atoms with Gasteiger partial charge >= 0.3 is 0 Å². The van der Waals surface area contributed by atoms with Gasteiger partial charge in [-0.2, -0.15) is 0 Å². The Kier molecular flexibility index (Phi) is 4.06. The van der Waals surface area contributed by atoms with Crippen LogP contribution in [0.25, 0.3) is 15.5 Å². The normalized spacial score (nSPS) is 11.0. The second kappa shape index (κ2) is 6.50. The molecule has 24 heavy (non-hydrogen) atoms. The molecule has 0 bridgehead atoms. The molecule has 4 rings (SSSR count). The highest BCUT2D eigenvalue weighted by molar-refractivity contribution is 7.20. The van der Waals surface area contributed by atoms with Crippen LogP contribution in [0.2, 0.25) is 0 Å². The Hall–Kier alpha value is -2.58. The summed E-state index contributed by atoms with van der Waals surface area (Å²) in [6.45, 7) is 0.486. The fourth-order valence-electron chi connectivity index (χ4n) is 2.33. The summed E-state index contributed by atoms with van der Waals surface area (Å²) >= 11 is 3.10. The van der Waals surface area contributed by atoms with Crippen LogP contribution in [0.15, 0.2) is 47.3 Å². The van der Waals surface area contributed by atoms with E-state index in [1.165, 1.54) is 11.3 Å². The topological polar surface area (TPSA) is 72.2 Å². The summed E-state index contributed by atoms with van der Waals surface area (Å²) in [6, 6.07) is 9.73. The van der Waals surface area contributed by atoms with Crippen molar-refractivity contribution in [1.29, 1.82) is 0 Å². The van der Waals surface area contributed by atoms with Crippen molar-refractivity contribution in [2.45, 2.75) is 6.42 Å². The van der Waals surface area contributed by atoms with E-state index >= 15 is 0 Å². The van der Waals surface area contributed by atoms with E-state index < -0.39 is 0 Å². The molecule has 0 radical (unpaired) electrons. The lowest BCUT2D eigenvalue weighted by molar-refractivity contribution is 0.0950. The first-order chi connectivity index (χ1) is 11.8. The first kappa shape index (κ1) is 15.0. The Morgan fingerprint density at radius 1 is 1.17 bits per heavy atom. The highest BCUT2D eigenvalue weighted by atomic mass is 32.1. The molecule has 8 heteroatoms. The predicted octanol–water partition coefficient (Wildman–Crippen LogP) is 2.89. The van der Waals surface area contributed by atoms with Gasteiger partial charge in [-0.3, -0.25) is 9.20 Å². The van der Waals surface area contributed by atoms with Crippen molar-refractivity contribution in [3.63, 3.8) is 0 Å². The smallest absolute Gasteiger partial charge is 0.270 e. The van der Waals surface area contributed by atoms with Gasteiger partial charge in [0.1, 0.15) is 16.5 Å². The summed E-state index contributed by atoms with van der Waals surface area (Å²) < 4.78 is 1.92. The van der Waals surface area contributed by atoms with Gasteiger partial charge in [-0.15, -0.1) is 32.9 Å². The number of carbonyl (C=O) groups is 1. The summed E-state index contributed by atoms with van der Waals surface area (Å²) in [5.41, 5.74) is 1.26. The standard InChI is InChI=1S/C16H13N5OS2/c22-15(11-10-24-16(18-11)12-4-3-9-23-12)17-7-6-14-20-19-13-5-1-2-8-21(13)14/h1-5,8-10H,6-7H2,(H,17,22). The maximum atomic E-state index is 12.2. The van der Waals surface area contributed by atoms with Gasteiger partial charge in [-0.25, -0.2) is 4.98 Å². The second-order valence-electron chi connectivity index (χ2n) is 5.07. The maximum absolute atomic E-state index is 12.2. The third-order valence-corrected chi connectivity index (χ3v) is 5.37. The zero-order chi connectivity index (χ0) is 16.4. The summed E-state index contributed by atoms with van der Waals surface area (Å²) in [5, 5.41) is 15.8. The molecule has 0 aliphatic heterocycles. The van der Waals surface area contributed by atoms with Crippen molar-refractivity contribution in [1.82, 2.24) is 24.9 Å². The summed E-state index contributed by atoms with van der Waals surface area (Å²) in [6.07, 6.45) is 2.53. The highest BCUT2D eigenvalue weighted by Gasteiger charge is 2.12. The van der Waals surface area contributed by atoms with E-state index in [2.05, 4.69) is 20.5 Å². The summed E-state index contributed by atoms with van der Waals surface area (Å²) in [7, 11) is 0. The van der Waals surface area contributed by atoms with Crippen LogP contribution >= 0.6 is 22.7 Å². The zero-order valence-electron chi connectivity index (χ0n) is 12.5. The number of nitrogens with one attached hydrogen (secondary N) is 1. The van der Waals surface area contributed by atoms with Crippen molar-refractivity contribution in [3.8, 4) is 9.88 Å². The van der Waals surface area contributed by atoms with Gasteiger partial charge in [0, 0.05) is 24.5 Å².